The number of aromatic amines is 1. The summed E-state index contributed by atoms with van der Waals surface area (Å²) in [4.78, 5) is 7.91. The zero-order valence-electron chi connectivity index (χ0n) is 10.5. The van der Waals surface area contributed by atoms with Crippen molar-refractivity contribution in [3.05, 3.63) is 33.8 Å². The number of furan rings is 1. The molecular weight excluding hydrogens is 244 g/mol. The summed E-state index contributed by atoms with van der Waals surface area (Å²) >= 11 is 5.43. The molecule has 2 heterocycles. The van der Waals surface area contributed by atoms with Crippen molar-refractivity contribution in [2.45, 2.75) is 39.0 Å². The fraction of sp³-hybridized carbons (Fsp3) is 0.429. The van der Waals surface area contributed by atoms with E-state index in [0.717, 1.165) is 34.6 Å². The van der Waals surface area contributed by atoms with Crippen LogP contribution in [0.15, 0.2) is 16.7 Å². The number of fused-ring (bicyclic) bond motifs is 1. The van der Waals surface area contributed by atoms with Crippen LogP contribution in [0.4, 0.5) is 0 Å². The summed E-state index contributed by atoms with van der Waals surface area (Å²) in [7, 11) is 0. The molecule has 18 heavy (non-hydrogen) atoms. The Labute approximate surface area is 111 Å². The van der Waals surface area contributed by atoms with E-state index in [0.29, 0.717) is 0 Å². The van der Waals surface area contributed by atoms with Gasteiger partial charge in [0.15, 0.2) is 11.6 Å². The molecule has 0 spiro atoms. The molecule has 1 aliphatic carbocycles. The van der Waals surface area contributed by atoms with E-state index >= 15 is 0 Å². The summed E-state index contributed by atoms with van der Waals surface area (Å²) in [5.41, 5.74) is 3.57. The molecule has 1 aliphatic rings. The number of hydrogen-bond donors (Lipinski definition) is 1. The number of nitrogens with zero attached hydrogens (tertiary/aromatic N) is 1. The molecule has 0 radical (unpaired) electrons. The Morgan fingerprint density at radius 1 is 1.28 bits per heavy atom. The Bertz CT molecular complexity index is 627. The predicted molar refractivity (Wildman–Crippen MR) is 73.1 cm³/mol. The molecule has 2 aromatic rings. The van der Waals surface area contributed by atoms with Crippen LogP contribution in [0, 0.1) is 11.6 Å². The Hall–Kier alpha value is -1.42. The van der Waals surface area contributed by atoms with E-state index in [-0.39, 0.29) is 0 Å². The standard InChI is InChI=1S/C14H16N2OS/c1-9-7-8-17-12(9)13-15-11-6-4-2-3-5-10(11)14(18)16-13/h7-8H,2-6H2,1H3,(H,15,16,18). The number of aryl methyl sites for hydroxylation is 2. The molecule has 0 saturated carbocycles. The number of rotatable bonds is 1. The highest BCUT2D eigenvalue weighted by atomic mass is 32.1. The van der Waals surface area contributed by atoms with Crippen LogP contribution >= 0.6 is 12.2 Å². The molecule has 0 aromatic carbocycles. The highest BCUT2D eigenvalue weighted by molar-refractivity contribution is 7.71. The molecule has 0 fully saturated rings. The van der Waals surface area contributed by atoms with Crippen LogP contribution in [-0.4, -0.2) is 9.97 Å². The molecule has 3 nitrogen and oxygen atoms in total. The van der Waals surface area contributed by atoms with Crippen molar-refractivity contribution in [1.82, 2.24) is 9.97 Å². The summed E-state index contributed by atoms with van der Waals surface area (Å²) in [6.07, 6.45) is 7.51. The van der Waals surface area contributed by atoms with Crippen molar-refractivity contribution in [1.29, 1.82) is 0 Å². The first kappa shape index (κ1) is 11.7. The van der Waals surface area contributed by atoms with E-state index in [1.165, 1.54) is 30.5 Å². The van der Waals surface area contributed by atoms with Crippen LogP contribution in [-0.2, 0) is 12.8 Å². The van der Waals surface area contributed by atoms with Crippen molar-refractivity contribution in [3.8, 4) is 11.6 Å². The van der Waals surface area contributed by atoms with Crippen molar-refractivity contribution in [2.75, 3.05) is 0 Å². The van der Waals surface area contributed by atoms with E-state index in [4.69, 9.17) is 16.6 Å². The van der Waals surface area contributed by atoms with Gasteiger partial charge in [-0.3, -0.25) is 0 Å². The molecule has 0 aliphatic heterocycles. The smallest absolute Gasteiger partial charge is 0.175 e. The van der Waals surface area contributed by atoms with Crippen LogP contribution in [0.5, 0.6) is 0 Å². The minimum atomic E-state index is 0.733. The fourth-order valence-electron chi connectivity index (χ4n) is 2.52. The summed E-state index contributed by atoms with van der Waals surface area (Å²) in [5, 5.41) is 0. The lowest BCUT2D eigenvalue weighted by Gasteiger charge is -2.08. The van der Waals surface area contributed by atoms with Crippen LogP contribution in [0.1, 0.15) is 36.1 Å². The van der Waals surface area contributed by atoms with Gasteiger partial charge >= 0.3 is 0 Å². The molecule has 0 atom stereocenters. The average molecular weight is 260 g/mol. The van der Waals surface area contributed by atoms with Gasteiger partial charge < -0.3 is 9.40 Å². The summed E-state index contributed by atoms with van der Waals surface area (Å²) in [6.45, 7) is 2.02. The number of hydrogen-bond acceptors (Lipinski definition) is 3. The molecular formula is C14H16N2OS. The Morgan fingerprint density at radius 2 is 2.11 bits per heavy atom. The second-order valence-corrected chi connectivity index (χ2v) is 5.23. The number of aromatic nitrogens is 2. The van der Waals surface area contributed by atoms with E-state index in [1.54, 1.807) is 6.26 Å². The fourth-order valence-corrected chi connectivity index (χ4v) is 2.84. The summed E-state index contributed by atoms with van der Waals surface area (Å²) in [5.74, 6) is 1.57. The minimum absolute atomic E-state index is 0.733. The van der Waals surface area contributed by atoms with Gasteiger partial charge in [0.2, 0.25) is 0 Å². The van der Waals surface area contributed by atoms with Gasteiger partial charge in [-0.15, -0.1) is 0 Å². The van der Waals surface area contributed by atoms with Crippen LogP contribution < -0.4 is 0 Å². The average Bonchev–Trinajstić information content (AvgIpc) is 2.63. The van der Waals surface area contributed by atoms with E-state index in [9.17, 15) is 0 Å². The van der Waals surface area contributed by atoms with Crippen LogP contribution in [0.3, 0.4) is 0 Å². The van der Waals surface area contributed by atoms with Gasteiger partial charge in [-0.25, -0.2) is 4.98 Å². The number of nitrogens with one attached hydrogen (secondary N) is 1. The molecule has 0 amide bonds. The zero-order valence-corrected chi connectivity index (χ0v) is 11.3. The molecule has 94 valence electrons. The van der Waals surface area contributed by atoms with Gasteiger partial charge in [0.1, 0.15) is 4.64 Å². The third kappa shape index (κ3) is 2.01. The van der Waals surface area contributed by atoms with Gasteiger partial charge in [0.05, 0.1) is 6.26 Å². The number of H-pyrrole nitrogens is 1. The molecule has 1 N–H and O–H groups in total. The second kappa shape index (κ2) is 4.69. The Kier molecular flexibility index (Phi) is 3.04. The lowest BCUT2D eigenvalue weighted by molar-refractivity contribution is 0.574. The van der Waals surface area contributed by atoms with Crippen molar-refractivity contribution in [3.63, 3.8) is 0 Å². The lowest BCUT2D eigenvalue weighted by atomic mass is 10.1. The third-order valence-corrected chi connectivity index (χ3v) is 3.87. The van der Waals surface area contributed by atoms with Crippen LogP contribution in [0.25, 0.3) is 11.6 Å². The van der Waals surface area contributed by atoms with E-state index < -0.39 is 0 Å². The van der Waals surface area contributed by atoms with E-state index in [1.807, 2.05) is 13.0 Å². The van der Waals surface area contributed by atoms with Gasteiger partial charge in [-0.2, -0.15) is 0 Å². The lowest BCUT2D eigenvalue weighted by Crippen LogP contribution is -2.02. The zero-order chi connectivity index (χ0) is 12.5. The normalized spacial score (nSPS) is 15.2. The summed E-state index contributed by atoms with van der Waals surface area (Å²) < 4.78 is 6.22. The maximum absolute atomic E-state index is 5.49. The highest BCUT2D eigenvalue weighted by Crippen LogP contribution is 2.25. The maximum Gasteiger partial charge on any atom is 0.175 e. The van der Waals surface area contributed by atoms with Gasteiger partial charge in [-0.05, 0) is 44.2 Å². The van der Waals surface area contributed by atoms with Gasteiger partial charge in [-0.1, -0.05) is 18.6 Å². The first-order chi connectivity index (χ1) is 8.75. The largest absolute Gasteiger partial charge is 0.461 e. The molecule has 0 unspecified atom stereocenters. The minimum Gasteiger partial charge on any atom is -0.461 e. The molecule has 4 heteroatoms. The molecule has 0 saturated heterocycles. The first-order valence-electron chi connectivity index (χ1n) is 6.42. The van der Waals surface area contributed by atoms with Gasteiger partial charge in [0, 0.05) is 11.3 Å². The third-order valence-electron chi connectivity index (χ3n) is 3.54. The topological polar surface area (TPSA) is 41.8 Å². The SMILES string of the molecule is Cc1ccoc1-c1nc(=S)c2c([nH]1)CCCCC2. The highest BCUT2D eigenvalue weighted by Gasteiger charge is 2.15. The van der Waals surface area contributed by atoms with Gasteiger partial charge in [0.25, 0.3) is 0 Å². The Balaban J connectivity index is 2.14. The van der Waals surface area contributed by atoms with Crippen LogP contribution in [0.2, 0.25) is 0 Å². The first-order valence-corrected chi connectivity index (χ1v) is 6.83. The molecule has 2 aromatic heterocycles. The molecule has 3 rings (SSSR count). The maximum atomic E-state index is 5.49. The van der Waals surface area contributed by atoms with Crippen molar-refractivity contribution in [2.24, 2.45) is 0 Å². The van der Waals surface area contributed by atoms with Crippen molar-refractivity contribution >= 4 is 12.2 Å². The summed E-state index contributed by atoms with van der Waals surface area (Å²) in [6, 6.07) is 1.94. The van der Waals surface area contributed by atoms with Crippen molar-refractivity contribution < 1.29 is 4.42 Å². The Morgan fingerprint density at radius 3 is 2.89 bits per heavy atom. The quantitative estimate of drug-likeness (QED) is 0.623. The predicted octanol–water partition coefficient (Wildman–Crippen LogP) is 3.98. The van der Waals surface area contributed by atoms with E-state index in [2.05, 4.69) is 9.97 Å². The molecule has 0 bridgehead atoms. The monoisotopic (exact) mass is 260 g/mol. The second-order valence-electron chi connectivity index (χ2n) is 4.84.